The normalized spacial score (nSPS) is 15.7. The molecule has 2 aromatic rings. The van der Waals surface area contributed by atoms with Crippen LogP contribution in [0.1, 0.15) is 11.8 Å². The number of ether oxygens (including phenoxy) is 1. The van der Waals surface area contributed by atoms with Crippen LogP contribution in [0, 0.1) is 10.1 Å². The summed E-state index contributed by atoms with van der Waals surface area (Å²) >= 11 is 1.50. The number of hydrogen-bond donors (Lipinski definition) is 0. The van der Waals surface area contributed by atoms with Crippen LogP contribution in [-0.2, 0) is 9.53 Å². The predicted octanol–water partition coefficient (Wildman–Crippen LogP) is 3.44. The Morgan fingerprint density at radius 1 is 1.33 bits per heavy atom. The maximum absolute atomic E-state index is 12.7. The predicted molar refractivity (Wildman–Crippen MR) is 91.9 cm³/mol. The molecular formula is C16H13N3O4S. The van der Waals surface area contributed by atoms with Crippen LogP contribution < -0.4 is 5.01 Å². The average molecular weight is 343 g/mol. The van der Waals surface area contributed by atoms with Gasteiger partial charge in [-0.1, -0.05) is 6.07 Å². The van der Waals surface area contributed by atoms with Gasteiger partial charge >= 0.3 is 0 Å². The highest BCUT2D eigenvalue weighted by atomic mass is 32.1. The van der Waals surface area contributed by atoms with Gasteiger partial charge in [0.2, 0.25) is 5.90 Å². The summed E-state index contributed by atoms with van der Waals surface area (Å²) < 4.78 is 5.46. The minimum absolute atomic E-state index is 0.0474. The molecule has 8 heteroatoms. The van der Waals surface area contributed by atoms with Gasteiger partial charge in [-0.2, -0.15) is 5.01 Å². The third-order valence-corrected chi connectivity index (χ3v) is 4.08. The highest BCUT2D eigenvalue weighted by molar-refractivity contribution is 7.10. The number of benzene rings is 1. The summed E-state index contributed by atoms with van der Waals surface area (Å²) in [5.74, 6) is -0.0880. The molecule has 122 valence electrons. The summed E-state index contributed by atoms with van der Waals surface area (Å²) in [5.41, 5.74) is 0.754. The molecule has 0 radical (unpaired) electrons. The van der Waals surface area contributed by atoms with E-state index in [4.69, 9.17) is 4.74 Å². The quantitative estimate of drug-likeness (QED) is 0.483. The van der Waals surface area contributed by atoms with Crippen molar-refractivity contribution in [3.63, 3.8) is 0 Å². The lowest BCUT2D eigenvalue weighted by Crippen LogP contribution is -2.21. The molecule has 1 aromatic heterocycles. The largest absolute Gasteiger partial charge is 0.476 e. The second-order valence-corrected chi connectivity index (χ2v) is 5.78. The van der Waals surface area contributed by atoms with Crippen molar-refractivity contribution in [1.82, 2.24) is 0 Å². The molecule has 24 heavy (non-hydrogen) atoms. The van der Waals surface area contributed by atoms with E-state index in [0.717, 1.165) is 4.88 Å². The third-order valence-electron chi connectivity index (χ3n) is 3.26. The molecule has 2 heterocycles. The van der Waals surface area contributed by atoms with Gasteiger partial charge in [0, 0.05) is 17.0 Å². The van der Waals surface area contributed by atoms with Crippen molar-refractivity contribution >= 4 is 40.6 Å². The molecule has 7 nitrogen and oxygen atoms in total. The van der Waals surface area contributed by atoms with Crippen LogP contribution in [0.3, 0.4) is 0 Å². The zero-order valence-electron chi connectivity index (χ0n) is 12.7. The first-order valence-electron chi connectivity index (χ1n) is 7.16. The smallest absolute Gasteiger partial charge is 0.284 e. The number of thiophene rings is 1. The lowest BCUT2D eigenvalue weighted by Gasteiger charge is -2.10. The molecule has 0 atom stereocenters. The molecule has 3 rings (SSSR count). The third kappa shape index (κ3) is 3.04. The van der Waals surface area contributed by atoms with Crippen LogP contribution in [0.2, 0.25) is 0 Å². The Labute approximate surface area is 141 Å². The van der Waals surface area contributed by atoms with Gasteiger partial charge in [0.05, 0.1) is 17.2 Å². The molecular weight excluding hydrogens is 330 g/mol. The van der Waals surface area contributed by atoms with E-state index in [2.05, 4.69) is 5.10 Å². The van der Waals surface area contributed by atoms with Crippen LogP contribution in [0.25, 0.3) is 6.08 Å². The number of carbonyl (C=O) groups is 1. The molecule has 1 amide bonds. The van der Waals surface area contributed by atoms with Crippen molar-refractivity contribution in [2.24, 2.45) is 5.10 Å². The standard InChI is InChI=1S/C16H13N3O4S/c1-2-23-15-14(10-13-4-3-9-24-13)16(20)18(17-15)11-5-7-12(8-6-11)19(21)22/h3-10H,2H2,1H3/b14-10-. The summed E-state index contributed by atoms with van der Waals surface area (Å²) in [6, 6.07) is 9.42. The Balaban J connectivity index is 1.95. The van der Waals surface area contributed by atoms with Crippen LogP contribution in [0.5, 0.6) is 0 Å². The van der Waals surface area contributed by atoms with Crippen LogP contribution >= 0.6 is 11.3 Å². The Hall–Kier alpha value is -3.00. The first kappa shape index (κ1) is 15.9. The van der Waals surface area contributed by atoms with Crippen molar-refractivity contribution in [2.75, 3.05) is 11.6 Å². The van der Waals surface area contributed by atoms with Crippen LogP contribution in [0.4, 0.5) is 11.4 Å². The number of nitrogens with zero attached hydrogens (tertiary/aromatic N) is 3. The molecule has 0 N–H and O–H groups in total. The first-order chi connectivity index (χ1) is 11.6. The average Bonchev–Trinajstić information content (AvgIpc) is 3.19. The first-order valence-corrected chi connectivity index (χ1v) is 8.04. The van der Waals surface area contributed by atoms with E-state index in [1.54, 1.807) is 6.08 Å². The molecule has 0 fully saturated rings. The molecule has 1 aromatic carbocycles. The zero-order valence-corrected chi connectivity index (χ0v) is 13.5. The maximum atomic E-state index is 12.7. The van der Waals surface area contributed by atoms with Gasteiger partial charge in [-0.05, 0) is 36.6 Å². The Kier molecular flexibility index (Phi) is 4.39. The van der Waals surface area contributed by atoms with Crippen molar-refractivity contribution in [2.45, 2.75) is 6.92 Å². The zero-order chi connectivity index (χ0) is 17.1. The fourth-order valence-electron chi connectivity index (χ4n) is 2.17. The topological polar surface area (TPSA) is 85.0 Å². The number of nitro groups is 1. The number of anilines is 1. The molecule has 0 aliphatic carbocycles. The molecule has 0 spiro atoms. The second-order valence-electron chi connectivity index (χ2n) is 4.80. The SMILES string of the molecule is CCOC1=NN(c2ccc([N+](=O)[O-])cc2)C(=O)/C1=C\c1cccs1. The van der Waals surface area contributed by atoms with Gasteiger partial charge in [0.15, 0.2) is 0 Å². The molecule has 0 unspecified atom stereocenters. The van der Waals surface area contributed by atoms with E-state index in [1.807, 2.05) is 24.4 Å². The van der Waals surface area contributed by atoms with Gasteiger partial charge in [-0.25, -0.2) is 0 Å². The maximum Gasteiger partial charge on any atom is 0.284 e. The lowest BCUT2D eigenvalue weighted by molar-refractivity contribution is -0.384. The summed E-state index contributed by atoms with van der Waals surface area (Å²) in [7, 11) is 0. The van der Waals surface area contributed by atoms with Gasteiger partial charge in [0.25, 0.3) is 11.6 Å². The van der Waals surface area contributed by atoms with Crippen molar-refractivity contribution < 1.29 is 14.5 Å². The molecule has 1 aliphatic heterocycles. The fourth-order valence-corrected chi connectivity index (χ4v) is 2.83. The summed E-state index contributed by atoms with van der Waals surface area (Å²) in [4.78, 5) is 23.8. The monoisotopic (exact) mass is 343 g/mol. The Morgan fingerprint density at radius 2 is 2.08 bits per heavy atom. The number of carbonyl (C=O) groups excluding carboxylic acids is 1. The van der Waals surface area contributed by atoms with E-state index < -0.39 is 4.92 Å². The number of amides is 1. The van der Waals surface area contributed by atoms with Crippen LogP contribution in [-0.4, -0.2) is 23.3 Å². The van der Waals surface area contributed by atoms with Gasteiger partial charge in [-0.3, -0.25) is 14.9 Å². The number of rotatable bonds is 4. The number of non-ortho nitro benzene ring substituents is 1. The summed E-state index contributed by atoms with van der Waals surface area (Å²) in [5, 5.41) is 18.0. The van der Waals surface area contributed by atoms with Gasteiger partial charge < -0.3 is 4.74 Å². The minimum atomic E-state index is -0.493. The highest BCUT2D eigenvalue weighted by Gasteiger charge is 2.32. The van der Waals surface area contributed by atoms with E-state index in [0.29, 0.717) is 17.9 Å². The van der Waals surface area contributed by atoms with E-state index >= 15 is 0 Å². The van der Waals surface area contributed by atoms with Gasteiger partial charge in [-0.15, -0.1) is 16.4 Å². The van der Waals surface area contributed by atoms with Crippen molar-refractivity contribution in [1.29, 1.82) is 0 Å². The Bertz CT molecular complexity index is 826. The fraction of sp³-hybridized carbons (Fsp3) is 0.125. The summed E-state index contributed by atoms with van der Waals surface area (Å²) in [6.07, 6.45) is 1.73. The van der Waals surface area contributed by atoms with E-state index in [-0.39, 0.29) is 17.5 Å². The summed E-state index contributed by atoms with van der Waals surface area (Å²) in [6.45, 7) is 2.19. The number of nitro benzene ring substituents is 1. The minimum Gasteiger partial charge on any atom is -0.476 e. The molecule has 1 aliphatic rings. The second kappa shape index (κ2) is 6.63. The molecule has 0 saturated heterocycles. The van der Waals surface area contributed by atoms with Gasteiger partial charge in [0.1, 0.15) is 5.57 Å². The Morgan fingerprint density at radius 3 is 2.67 bits per heavy atom. The molecule has 0 saturated carbocycles. The highest BCUT2D eigenvalue weighted by Crippen LogP contribution is 2.27. The van der Waals surface area contributed by atoms with Crippen LogP contribution in [0.15, 0.2) is 52.5 Å². The van der Waals surface area contributed by atoms with E-state index in [1.165, 1.54) is 40.6 Å². The molecule has 0 bridgehead atoms. The van der Waals surface area contributed by atoms with Crippen molar-refractivity contribution in [3.05, 3.63) is 62.3 Å². The number of hydrazone groups is 1. The number of hydrogen-bond acceptors (Lipinski definition) is 6. The lowest BCUT2D eigenvalue weighted by atomic mass is 10.2. The van der Waals surface area contributed by atoms with E-state index in [9.17, 15) is 14.9 Å². The van der Waals surface area contributed by atoms with Crippen molar-refractivity contribution in [3.8, 4) is 0 Å².